The van der Waals surface area contributed by atoms with E-state index < -0.39 is 11.9 Å². The topological polar surface area (TPSA) is 73.9 Å². The van der Waals surface area contributed by atoms with Crippen molar-refractivity contribution in [1.82, 2.24) is 0 Å². The van der Waals surface area contributed by atoms with Gasteiger partial charge in [-0.05, 0) is 6.07 Å². The minimum absolute atomic E-state index is 0.0361. The molecule has 0 saturated heterocycles. The van der Waals surface area contributed by atoms with Crippen LogP contribution < -0.4 is 10.5 Å². The molecule has 5 nitrogen and oxygen atoms in total. The fourth-order valence-electron chi connectivity index (χ4n) is 1.39. The molecule has 19 heavy (non-hydrogen) atoms. The minimum atomic E-state index is -0.769. The van der Waals surface area contributed by atoms with Crippen LogP contribution in [0.25, 0.3) is 0 Å². The molecule has 108 valence electrons. The van der Waals surface area contributed by atoms with E-state index in [4.69, 9.17) is 19.9 Å². The van der Waals surface area contributed by atoms with Crippen LogP contribution in [0.1, 0.15) is 5.56 Å². The average Bonchev–Trinajstić information content (AvgIpc) is 2.41. The van der Waals surface area contributed by atoms with E-state index in [1.54, 1.807) is 19.2 Å². The van der Waals surface area contributed by atoms with Gasteiger partial charge in [-0.25, -0.2) is 4.39 Å². The molecule has 0 radical (unpaired) electrons. The summed E-state index contributed by atoms with van der Waals surface area (Å²) in [6.07, 6.45) is -0.769. The van der Waals surface area contributed by atoms with Gasteiger partial charge in [0.1, 0.15) is 24.3 Å². The number of aliphatic hydroxyl groups excluding tert-OH is 1. The third-order valence-electron chi connectivity index (χ3n) is 2.43. The molecule has 0 saturated carbocycles. The second kappa shape index (κ2) is 8.82. The quantitative estimate of drug-likeness (QED) is 0.647. The van der Waals surface area contributed by atoms with Gasteiger partial charge in [0, 0.05) is 25.3 Å². The van der Waals surface area contributed by atoms with E-state index in [1.807, 2.05) is 0 Å². The Labute approximate surface area is 112 Å². The van der Waals surface area contributed by atoms with Crippen LogP contribution in [0.2, 0.25) is 0 Å². The summed E-state index contributed by atoms with van der Waals surface area (Å²) in [5.41, 5.74) is 5.78. The van der Waals surface area contributed by atoms with Gasteiger partial charge in [-0.3, -0.25) is 0 Å². The maximum atomic E-state index is 13.4. The van der Waals surface area contributed by atoms with Crippen LogP contribution in [-0.4, -0.2) is 44.7 Å². The molecule has 3 N–H and O–H groups in total. The fraction of sp³-hybridized carbons (Fsp3) is 0.538. The summed E-state index contributed by atoms with van der Waals surface area (Å²) in [6, 6.07) is 4.43. The zero-order valence-electron chi connectivity index (χ0n) is 11.0. The average molecular weight is 273 g/mol. The normalized spacial score (nSPS) is 12.4. The van der Waals surface area contributed by atoms with Crippen molar-refractivity contribution in [2.24, 2.45) is 5.73 Å². The molecule has 6 heteroatoms. The van der Waals surface area contributed by atoms with Gasteiger partial charge in [-0.1, -0.05) is 6.07 Å². The summed E-state index contributed by atoms with van der Waals surface area (Å²) in [7, 11) is 1.57. The number of methoxy groups -OCH3 is 1. The predicted molar refractivity (Wildman–Crippen MR) is 68.5 cm³/mol. The highest BCUT2D eigenvalue weighted by molar-refractivity contribution is 5.28. The van der Waals surface area contributed by atoms with Crippen molar-refractivity contribution >= 4 is 0 Å². The van der Waals surface area contributed by atoms with Crippen LogP contribution in [0.5, 0.6) is 5.75 Å². The first-order valence-corrected chi connectivity index (χ1v) is 6.03. The van der Waals surface area contributed by atoms with Gasteiger partial charge in [-0.15, -0.1) is 0 Å². The number of benzene rings is 1. The van der Waals surface area contributed by atoms with Gasteiger partial charge in [-0.2, -0.15) is 0 Å². The zero-order chi connectivity index (χ0) is 14.1. The number of hydrogen-bond acceptors (Lipinski definition) is 5. The first kappa shape index (κ1) is 15.8. The van der Waals surface area contributed by atoms with E-state index in [9.17, 15) is 9.50 Å². The molecule has 0 amide bonds. The molecule has 0 aliphatic rings. The van der Waals surface area contributed by atoms with Crippen molar-refractivity contribution in [3.63, 3.8) is 0 Å². The Balaban J connectivity index is 2.29. The van der Waals surface area contributed by atoms with Crippen LogP contribution in [0.15, 0.2) is 18.2 Å². The van der Waals surface area contributed by atoms with Crippen molar-refractivity contribution in [3.8, 4) is 5.75 Å². The Morgan fingerprint density at radius 2 is 2.11 bits per heavy atom. The third-order valence-corrected chi connectivity index (χ3v) is 2.43. The molecule has 0 heterocycles. The Bertz CT molecular complexity index is 376. The molecule has 1 aromatic carbocycles. The van der Waals surface area contributed by atoms with Gasteiger partial charge >= 0.3 is 0 Å². The Hall–Kier alpha value is -1.21. The van der Waals surface area contributed by atoms with Gasteiger partial charge < -0.3 is 25.1 Å². The van der Waals surface area contributed by atoms with E-state index in [0.717, 1.165) is 0 Å². The molecule has 1 unspecified atom stereocenters. The molecule has 0 aliphatic carbocycles. The summed E-state index contributed by atoms with van der Waals surface area (Å²) in [6.45, 7) is 1.20. The van der Waals surface area contributed by atoms with Crippen LogP contribution in [-0.2, 0) is 16.0 Å². The van der Waals surface area contributed by atoms with Crippen molar-refractivity contribution in [3.05, 3.63) is 29.6 Å². The summed E-state index contributed by atoms with van der Waals surface area (Å²) in [5, 5.41) is 9.58. The lowest BCUT2D eigenvalue weighted by Crippen LogP contribution is -2.24. The third kappa shape index (κ3) is 5.98. The minimum Gasteiger partial charge on any atom is -0.491 e. The molecule has 0 aromatic heterocycles. The number of aliphatic hydroxyl groups is 1. The number of nitrogens with two attached hydrogens (primary N) is 1. The highest BCUT2D eigenvalue weighted by Crippen LogP contribution is 2.16. The first-order valence-electron chi connectivity index (χ1n) is 6.03. The zero-order valence-corrected chi connectivity index (χ0v) is 11.0. The summed E-state index contributed by atoms with van der Waals surface area (Å²) >= 11 is 0. The lowest BCUT2D eigenvalue weighted by molar-refractivity contribution is -0.00423. The molecule has 1 atom stereocenters. The van der Waals surface area contributed by atoms with E-state index in [-0.39, 0.29) is 19.8 Å². The lowest BCUT2D eigenvalue weighted by Gasteiger charge is -2.13. The summed E-state index contributed by atoms with van der Waals surface area (Å²) < 4.78 is 28.6. The van der Waals surface area contributed by atoms with E-state index in [0.29, 0.717) is 24.5 Å². The fourth-order valence-corrected chi connectivity index (χ4v) is 1.39. The maximum Gasteiger partial charge on any atom is 0.131 e. The van der Waals surface area contributed by atoms with Gasteiger partial charge in [0.15, 0.2) is 0 Å². The molecule has 1 rings (SSSR count). The summed E-state index contributed by atoms with van der Waals surface area (Å²) in [4.78, 5) is 0. The van der Waals surface area contributed by atoms with Gasteiger partial charge in [0.2, 0.25) is 0 Å². The first-order chi connectivity index (χ1) is 9.17. The highest BCUT2D eigenvalue weighted by Gasteiger charge is 2.07. The monoisotopic (exact) mass is 273 g/mol. The lowest BCUT2D eigenvalue weighted by atomic mass is 10.2. The summed E-state index contributed by atoms with van der Waals surface area (Å²) in [5.74, 6) is -0.0588. The molecule has 0 fully saturated rings. The molecular weight excluding hydrogens is 253 g/mol. The van der Waals surface area contributed by atoms with Crippen LogP contribution >= 0.6 is 0 Å². The predicted octanol–water partition coefficient (Wildman–Crippen LogP) is 0.687. The van der Waals surface area contributed by atoms with Crippen molar-refractivity contribution in [1.29, 1.82) is 0 Å². The number of hydrogen-bond donors (Lipinski definition) is 2. The van der Waals surface area contributed by atoms with Crippen molar-refractivity contribution in [2.45, 2.75) is 12.6 Å². The standard InChI is InChI=1S/C13H20FNO4/c1-17-4-5-18-8-11(16)9-19-12-3-2-10(7-15)13(14)6-12/h2-3,6,11,16H,4-5,7-9,15H2,1H3. The maximum absolute atomic E-state index is 13.4. The van der Waals surface area contributed by atoms with Crippen LogP contribution in [0.4, 0.5) is 4.39 Å². The largest absolute Gasteiger partial charge is 0.491 e. The number of ether oxygens (including phenoxy) is 3. The van der Waals surface area contributed by atoms with Crippen LogP contribution in [0, 0.1) is 5.82 Å². The number of rotatable bonds is 9. The second-order valence-corrected chi connectivity index (χ2v) is 3.99. The number of halogens is 1. The Morgan fingerprint density at radius 1 is 1.32 bits per heavy atom. The van der Waals surface area contributed by atoms with Gasteiger partial charge in [0.25, 0.3) is 0 Å². The van der Waals surface area contributed by atoms with Gasteiger partial charge in [0.05, 0.1) is 19.8 Å². The van der Waals surface area contributed by atoms with Crippen molar-refractivity contribution < 1.29 is 23.7 Å². The molecule has 0 spiro atoms. The Morgan fingerprint density at radius 3 is 2.74 bits per heavy atom. The highest BCUT2D eigenvalue weighted by atomic mass is 19.1. The molecular formula is C13H20FNO4. The molecule has 0 aliphatic heterocycles. The Kier molecular flexibility index (Phi) is 7.35. The SMILES string of the molecule is COCCOCC(O)COc1ccc(CN)c(F)c1. The second-order valence-electron chi connectivity index (χ2n) is 3.99. The molecule has 1 aromatic rings. The van der Waals surface area contributed by atoms with Crippen LogP contribution in [0.3, 0.4) is 0 Å². The van der Waals surface area contributed by atoms with E-state index in [2.05, 4.69) is 0 Å². The smallest absolute Gasteiger partial charge is 0.131 e. The van der Waals surface area contributed by atoms with Crippen molar-refractivity contribution in [2.75, 3.05) is 33.5 Å². The van der Waals surface area contributed by atoms with E-state index >= 15 is 0 Å². The van der Waals surface area contributed by atoms with E-state index in [1.165, 1.54) is 6.07 Å². The molecule has 0 bridgehead atoms.